The van der Waals surface area contributed by atoms with Gasteiger partial charge in [-0.05, 0) is 68.0 Å². The SMILES string of the molecule is CCOc1ccc(-c2nn(-c3ccccc3)cc2/C=C(/C#N)c2nc3ccccc3[nH]2)c(C)c1. The highest BCUT2D eigenvalue weighted by atomic mass is 16.5. The maximum Gasteiger partial charge on any atom is 0.149 e. The van der Waals surface area contributed by atoms with E-state index in [1.54, 1.807) is 0 Å². The minimum atomic E-state index is 0.439. The van der Waals surface area contributed by atoms with Crippen molar-refractivity contribution in [1.82, 2.24) is 19.7 Å². The van der Waals surface area contributed by atoms with Gasteiger partial charge in [0.1, 0.15) is 23.3 Å². The molecule has 0 fully saturated rings. The molecule has 0 saturated carbocycles. The Balaban J connectivity index is 1.66. The van der Waals surface area contributed by atoms with Crippen LogP contribution in [-0.2, 0) is 0 Å². The molecule has 34 heavy (non-hydrogen) atoms. The zero-order valence-electron chi connectivity index (χ0n) is 19.0. The number of allylic oxidation sites excluding steroid dienone is 1. The lowest BCUT2D eigenvalue weighted by molar-refractivity contribution is 0.340. The standard InChI is InChI=1S/C28H23N5O/c1-3-34-23-13-14-24(19(2)15-23)27-21(18-33(32-27)22-9-5-4-6-10-22)16-20(17-29)28-30-25-11-7-8-12-26(25)31-28/h4-16,18H,3H2,1-2H3,(H,30,31)/b20-16-. The van der Waals surface area contributed by atoms with Gasteiger partial charge in [-0.2, -0.15) is 10.4 Å². The Morgan fingerprint density at radius 1 is 1.09 bits per heavy atom. The second kappa shape index (κ2) is 9.08. The quantitative estimate of drug-likeness (QED) is 0.316. The molecule has 166 valence electrons. The van der Waals surface area contributed by atoms with E-state index in [1.165, 1.54) is 0 Å². The minimum absolute atomic E-state index is 0.439. The molecular weight excluding hydrogens is 422 g/mol. The number of fused-ring (bicyclic) bond motifs is 1. The summed E-state index contributed by atoms with van der Waals surface area (Å²) in [6, 6.07) is 26.0. The van der Waals surface area contributed by atoms with Gasteiger partial charge in [-0.15, -0.1) is 0 Å². The highest BCUT2D eigenvalue weighted by molar-refractivity contribution is 5.92. The molecule has 5 aromatic rings. The molecular formula is C28H23N5O. The van der Waals surface area contributed by atoms with E-state index >= 15 is 0 Å². The summed E-state index contributed by atoms with van der Waals surface area (Å²) in [6.07, 6.45) is 3.79. The second-order valence-electron chi connectivity index (χ2n) is 7.90. The maximum atomic E-state index is 9.98. The summed E-state index contributed by atoms with van der Waals surface area (Å²) in [4.78, 5) is 7.86. The molecule has 6 nitrogen and oxygen atoms in total. The van der Waals surface area contributed by atoms with E-state index in [2.05, 4.69) is 16.0 Å². The van der Waals surface area contributed by atoms with Gasteiger partial charge < -0.3 is 9.72 Å². The van der Waals surface area contributed by atoms with Gasteiger partial charge in [0.15, 0.2) is 0 Å². The van der Waals surface area contributed by atoms with Crippen molar-refractivity contribution in [1.29, 1.82) is 5.26 Å². The number of benzene rings is 3. The molecule has 0 radical (unpaired) electrons. The predicted molar refractivity (Wildman–Crippen MR) is 134 cm³/mol. The fraction of sp³-hybridized carbons (Fsp3) is 0.107. The van der Waals surface area contributed by atoms with Crippen molar-refractivity contribution < 1.29 is 4.74 Å². The Bertz CT molecular complexity index is 1500. The highest BCUT2D eigenvalue weighted by Crippen LogP contribution is 2.31. The minimum Gasteiger partial charge on any atom is -0.494 e. The normalized spacial score (nSPS) is 11.5. The number of aromatic amines is 1. The molecule has 6 heteroatoms. The van der Waals surface area contributed by atoms with Crippen molar-refractivity contribution in [3.63, 3.8) is 0 Å². The molecule has 3 aromatic carbocycles. The van der Waals surface area contributed by atoms with Crippen molar-refractivity contribution in [2.45, 2.75) is 13.8 Å². The predicted octanol–water partition coefficient (Wildman–Crippen LogP) is 6.19. The third kappa shape index (κ3) is 4.07. The fourth-order valence-corrected chi connectivity index (χ4v) is 3.96. The summed E-state index contributed by atoms with van der Waals surface area (Å²) >= 11 is 0. The average molecular weight is 446 g/mol. The Kier molecular flexibility index (Phi) is 5.67. The largest absolute Gasteiger partial charge is 0.494 e. The Morgan fingerprint density at radius 2 is 1.88 bits per heavy atom. The number of hydrogen-bond acceptors (Lipinski definition) is 4. The van der Waals surface area contributed by atoms with E-state index in [4.69, 9.17) is 9.84 Å². The summed E-state index contributed by atoms with van der Waals surface area (Å²) in [5, 5.41) is 14.9. The van der Waals surface area contributed by atoms with Crippen LogP contribution in [0.25, 0.3) is 39.6 Å². The summed E-state index contributed by atoms with van der Waals surface area (Å²) in [5.74, 6) is 1.36. The van der Waals surface area contributed by atoms with Crippen LogP contribution in [0.4, 0.5) is 0 Å². The first kappa shape index (κ1) is 21.2. The number of ether oxygens (including phenoxy) is 1. The molecule has 0 aliphatic carbocycles. The van der Waals surface area contributed by atoms with Crippen LogP contribution in [-0.4, -0.2) is 26.4 Å². The van der Waals surface area contributed by atoms with Crippen LogP contribution in [0.5, 0.6) is 5.75 Å². The lowest BCUT2D eigenvalue weighted by atomic mass is 10.0. The van der Waals surface area contributed by atoms with E-state index in [1.807, 2.05) is 104 Å². The molecule has 1 N–H and O–H groups in total. The fourth-order valence-electron chi connectivity index (χ4n) is 3.96. The van der Waals surface area contributed by atoms with Gasteiger partial charge in [0.2, 0.25) is 0 Å². The Morgan fingerprint density at radius 3 is 2.62 bits per heavy atom. The zero-order chi connectivity index (χ0) is 23.5. The number of imidazole rings is 1. The van der Waals surface area contributed by atoms with E-state index in [0.29, 0.717) is 18.0 Å². The Labute approximate surface area is 197 Å². The molecule has 0 aliphatic rings. The topological polar surface area (TPSA) is 79.5 Å². The zero-order valence-corrected chi connectivity index (χ0v) is 19.0. The number of para-hydroxylation sites is 3. The maximum absolute atomic E-state index is 9.98. The number of hydrogen-bond donors (Lipinski definition) is 1. The van der Waals surface area contributed by atoms with Gasteiger partial charge in [0, 0.05) is 17.3 Å². The van der Waals surface area contributed by atoms with Crippen LogP contribution in [0, 0.1) is 18.3 Å². The lowest BCUT2D eigenvalue weighted by Crippen LogP contribution is -1.95. The van der Waals surface area contributed by atoms with Gasteiger partial charge in [0.25, 0.3) is 0 Å². The molecule has 0 saturated heterocycles. The highest BCUT2D eigenvalue weighted by Gasteiger charge is 2.16. The number of nitriles is 1. The molecule has 0 bridgehead atoms. The third-order valence-electron chi connectivity index (χ3n) is 5.59. The second-order valence-corrected chi connectivity index (χ2v) is 7.90. The van der Waals surface area contributed by atoms with E-state index in [9.17, 15) is 5.26 Å². The summed E-state index contributed by atoms with van der Waals surface area (Å²) in [7, 11) is 0. The summed E-state index contributed by atoms with van der Waals surface area (Å²) < 4.78 is 7.50. The van der Waals surface area contributed by atoms with Crippen LogP contribution in [0.15, 0.2) is 79.0 Å². The monoisotopic (exact) mass is 445 g/mol. The molecule has 0 spiro atoms. The average Bonchev–Trinajstić information content (AvgIpc) is 3.48. The lowest BCUT2D eigenvalue weighted by Gasteiger charge is -2.08. The van der Waals surface area contributed by atoms with Crippen molar-refractivity contribution >= 4 is 22.7 Å². The number of rotatable bonds is 6. The first-order chi connectivity index (χ1) is 16.7. The van der Waals surface area contributed by atoms with Gasteiger partial charge in [-0.3, -0.25) is 0 Å². The molecule has 5 rings (SSSR count). The van der Waals surface area contributed by atoms with Gasteiger partial charge >= 0.3 is 0 Å². The number of H-pyrrole nitrogens is 1. The van der Waals surface area contributed by atoms with Crippen molar-refractivity contribution in [2.75, 3.05) is 6.61 Å². The van der Waals surface area contributed by atoms with E-state index in [-0.39, 0.29) is 0 Å². The molecule has 2 aromatic heterocycles. The molecule has 2 heterocycles. The molecule has 0 aliphatic heterocycles. The summed E-state index contributed by atoms with van der Waals surface area (Å²) in [6.45, 7) is 4.62. The van der Waals surface area contributed by atoms with E-state index in [0.717, 1.165) is 44.9 Å². The number of aromatic nitrogens is 4. The van der Waals surface area contributed by atoms with E-state index < -0.39 is 0 Å². The smallest absolute Gasteiger partial charge is 0.149 e. The van der Waals surface area contributed by atoms with Crippen LogP contribution >= 0.6 is 0 Å². The number of nitrogens with zero attached hydrogens (tertiary/aromatic N) is 4. The molecule has 0 unspecified atom stereocenters. The van der Waals surface area contributed by atoms with Crippen LogP contribution < -0.4 is 4.74 Å². The van der Waals surface area contributed by atoms with Crippen LogP contribution in [0.3, 0.4) is 0 Å². The van der Waals surface area contributed by atoms with Gasteiger partial charge in [0.05, 0.1) is 28.9 Å². The molecule has 0 amide bonds. The van der Waals surface area contributed by atoms with Crippen molar-refractivity contribution in [2.24, 2.45) is 0 Å². The van der Waals surface area contributed by atoms with Gasteiger partial charge in [-0.1, -0.05) is 30.3 Å². The first-order valence-corrected chi connectivity index (χ1v) is 11.1. The van der Waals surface area contributed by atoms with Gasteiger partial charge in [-0.25, -0.2) is 9.67 Å². The van der Waals surface area contributed by atoms with Crippen LogP contribution in [0.2, 0.25) is 0 Å². The first-order valence-electron chi connectivity index (χ1n) is 11.1. The van der Waals surface area contributed by atoms with Crippen molar-refractivity contribution in [3.8, 4) is 28.8 Å². The van der Waals surface area contributed by atoms with Crippen molar-refractivity contribution in [3.05, 3.63) is 95.9 Å². The Hall–Kier alpha value is -4.63. The summed E-state index contributed by atoms with van der Waals surface area (Å²) in [5.41, 5.74) is 6.72. The molecule has 0 atom stereocenters. The number of nitrogens with one attached hydrogen (secondary N) is 1. The number of aryl methyl sites for hydroxylation is 1. The van der Waals surface area contributed by atoms with Crippen LogP contribution in [0.1, 0.15) is 23.9 Å². The third-order valence-corrected chi connectivity index (χ3v) is 5.59.